The molecule has 9 nitrogen and oxygen atoms in total. The van der Waals surface area contributed by atoms with Crippen molar-refractivity contribution < 1.29 is 14.3 Å². The molecule has 0 aromatic carbocycles. The molecular formula is C19H30N6O3. The van der Waals surface area contributed by atoms with Gasteiger partial charge in [0, 0.05) is 57.9 Å². The van der Waals surface area contributed by atoms with E-state index in [0.29, 0.717) is 56.8 Å². The summed E-state index contributed by atoms with van der Waals surface area (Å²) in [5.74, 6) is 1.24. The van der Waals surface area contributed by atoms with E-state index in [0.717, 1.165) is 5.56 Å². The van der Waals surface area contributed by atoms with Crippen LogP contribution in [0.25, 0.3) is 0 Å². The zero-order valence-electron chi connectivity index (χ0n) is 17.4. The number of rotatable bonds is 6. The molecule has 154 valence electrons. The van der Waals surface area contributed by atoms with Gasteiger partial charge < -0.3 is 24.8 Å². The molecule has 2 aliphatic heterocycles. The predicted octanol–water partition coefficient (Wildman–Crippen LogP) is 0.956. The Hall–Kier alpha value is -2.42. The van der Waals surface area contributed by atoms with Crippen LogP contribution in [0.15, 0.2) is 0 Å². The second-order valence-corrected chi connectivity index (χ2v) is 7.72. The van der Waals surface area contributed by atoms with Crippen molar-refractivity contribution in [3.63, 3.8) is 0 Å². The molecule has 2 amide bonds. The van der Waals surface area contributed by atoms with Gasteiger partial charge in [0.1, 0.15) is 11.5 Å². The van der Waals surface area contributed by atoms with Gasteiger partial charge in [0.05, 0.1) is 13.2 Å². The van der Waals surface area contributed by atoms with E-state index in [2.05, 4.69) is 10.3 Å². The van der Waals surface area contributed by atoms with Crippen LogP contribution in [0.5, 0.6) is 0 Å². The average molecular weight is 390 g/mol. The number of nitrogens with zero attached hydrogens (tertiary/aromatic N) is 5. The number of fused-ring (bicyclic) bond motifs is 1. The summed E-state index contributed by atoms with van der Waals surface area (Å²) in [6.07, 6.45) is 0. The average Bonchev–Trinajstić information content (AvgIpc) is 2.99. The molecule has 0 aliphatic carbocycles. The van der Waals surface area contributed by atoms with Gasteiger partial charge in [-0.2, -0.15) is 4.98 Å². The summed E-state index contributed by atoms with van der Waals surface area (Å²) >= 11 is 0. The topological polar surface area (TPSA) is 90.9 Å². The van der Waals surface area contributed by atoms with Gasteiger partial charge in [-0.1, -0.05) is 0 Å². The lowest BCUT2D eigenvalue weighted by molar-refractivity contribution is -0.129. The van der Waals surface area contributed by atoms with E-state index in [4.69, 9.17) is 9.72 Å². The lowest BCUT2D eigenvalue weighted by Crippen LogP contribution is -2.48. The smallest absolute Gasteiger partial charge is 0.273 e. The SMILES string of the molecule is COCC(C)Nc1nc(N2CCN(C(C)=O)CC2)nc2c1CN(C(C)C)C2=O. The van der Waals surface area contributed by atoms with Crippen LogP contribution < -0.4 is 10.2 Å². The fourth-order valence-electron chi connectivity index (χ4n) is 3.60. The van der Waals surface area contributed by atoms with Gasteiger partial charge in [0.25, 0.3) is 5.91 Å². The van der Waals surface area contributed by atoms with Crippen molar-refractivity contribution in [1.29, 1.82) is 0 Å². The minimum absolute atomic E-state index is 0.0506. The van der Waals surface area contributed by atoms with Gasteiger partial charge in [-0.3, -0.25) is 9.59 Å². The number of anilines is 2. The van der Waals surface area contributed by atoms with Crippen molar-refractivity contribution >= 4 is 23.6 Å². The predicted molar refractivity (Wildman–Crippen MR) is 106 cm³/mol. The number of carbonyl (C=O) groups is 2. The van der Waals surface area contributed by atoms with Gasteiger partial charge in [0.2, 0.25) is 11.9 Å². The second kappa shape index (κ2) is 8.30. The molecule has 0 saturated carbocycles. The van der Waals surface area contributed by atoms with Gasteiger partial charge in [0.15, 0.2) is 0 Å². The van der Waals surface area contributed by atoms with Crippen LogP contribution in [0.1, 0.15) is 43.7 Å². The van der Waals surface area contributed by atoms with E-state index in [1.54, 1.807) is 14.0 Å². The summed E-state index contributed by atoms with van der Waals surface area (Å²) in [6.45, 7) is 11.2. The van der Waals surface area contributed by atoms with Crippen LogP contribution in [0, 0.1) is 0 Å². The molecule has 1 fully saturated rings. The Morgan fingerprint density at radius 2 is 1.86 bits per heavy atom. The van der Waals surface area contributed by atoms with E-state index in [-0.39, 0.29) is 23.9 Å². The number of hydrogen-bond donors (Lipinski definition) is 1. The van der Waals surface area contributed by atoms with E-state index in [9.17, 15) is 9.59 Å². The number of carbonyl (C=O) groups excluding carboxylic acids is 2. The van der Waals surface area contributed by atoms with Crippen LogP contribution in [-0.2, 0) is 16.1 Å². The van der Waals surface area contributed by atoms with E-state index in [1.165, 1.54) is 0 Å². The highest BCUT2D eigenvalue weighted by Crippen LogP contribution is 2.31. The maximum absolute atomic E-state index is 12.9. The van der Waals surface area contributed by atoms with Crippen LogP contribution >= 0.6 is 0 Å². The molecule has 1 saturated heterocycles. The molecule has 1 aromatic rings. The Balaban J connectivity index is 1.90. The lowest BCUT2D eigenvalue weighted by Gasteiger charge is -2.34. The Morgan fingerprint density at radius 1 is 1.18 bits per heavy atom. The van der Waals surface area contributed by atoms with Gasteiger partial charge in [-0.25, -0.2) is 4.98 Å². The second-order valence-electron chi connectivity index (χ2n) is 7.72. The molecule has 1 atom stereocenters. The van der Waals surface area contributed by atoms with Gasteiger partial charge in [-0.05, 0) is 20.8 Å². The zero-order chi connectivity index (χ0) is 20.4. The highest BCUT2D eigenvalue weighted by Gasteiger charge is 2.35. The van der Waals surface area contributed by atoms with Crippen LogP contribution in [0.4, 0.5) is 11.8 Å². The molecule has 1 N–H and O–H groups in total. The first-order chi connectivity index (χ1) is 13.3. The quantitative estimate of drug-likeness (QED) is 0.773. The molecule has 0 bridgehead atoms. The fourth-order valence-corrected chi connectivity index (χ4v) is 3.60. The van der Waals surface area contributed by atoms with E-state index in [1.807, 2.05) is 35.5 Å². The van der Waals surface area contributed by atoms with Gasteiger partial charge in [-0.15, -0.1) is 0 Å². The van der Waals surface area contributed by atoms with Gasteiger partial charge >= 0.3 is 0 Å². The van der Waals surface area contributed by atoms with Crippen molar-refractivity contribution in [2.75, 3.05) is 50.1 Å². The number of ether oxygens (including phenoxy) is 1. The summed E-state index contributed by atoms with van der Waals surface area (Å²) in [5.41, 5.74) is 1.31. The van der Waals surface area contributed by atoms with Crippen molar-refractivity contribution in [2.45, 2.75) is 46.3 Å². The summed E-state index contributed by atoms with van der Waals surface area (Å²) in [4.78, 5) is 39.5. The molecular weight excluding hydrogens is 360 g/mol. The lowest BCUT2D eigenvalue weighted by atomic mass is 10.2. The summed E-state index contributed by atoms with van der Waals surface area (Å²) in [7, 11) is 1.66. The Kier molecular flexibility index (Phi) is 6.02. The van der Waals surface area contributed by atoms with Crippen molar-refractivity contribution in [1.82, 2.24) is 19.8 Å². The fraction of sp³-hybridized carbons (Fsp3) is 0.684. The number of amides is 2. The standard InChI is InChI=1S/C19H30N6O3/c1-12(2)25-10-15-16(18(25)27)21-19(22-17(15)20-13(3)11-28-5)24-8-6-23(7-9-24)14(4)26/h12-13H,6-11H2,1-5H3,(H,20,21,22). The third-order valence-corrected chi connectivity index (χ3v) is 5.22. The molecule has 0 radical (unpaired) electrons. The molecule has 1 unspecified atom stereocenters. The molecule has 0 spiro atoms. The van der Waals surface area contributed by atoms with E-state index >= 15 is 0 Å². The van der Waals surface area contributed by atoms with Crippen LogP contribution in [0.3, 0.4) is 0 Å². The Morgan fingerprint density at radius 3 is 2.43 bits per heavy atom. The normalized spacial score (nSPS) is 17.9. The summed E-state index contributed by atoms with van der Waals surface area (Å²) in [5, 5.41) is 3.38. The molecule has 9 heteroatoms. The van der Waals surface area contributed by atoms with Crippen molar-refractivity contribution in [3.8, 4) is 0 Å². The third-order valence-electron chi connectivity index (χ3n) is 5.22. The number of methoxy groups -OCH3 is 1. The van der Waals surface area contributed by atoms with Crippen LogP contribution in [0.2, 0.25) is 0 Å². The molecule has 1 aromatic heterocycles. The number of aromatic nitrogens is 2. The summed E-state index contributed by atoms with van der Waals surface area (Å²) < 4.78 is 5.23. The first kappa shape index (κ1) is 20.3. The van der Waals surface area contributed by atoms with E-state index < -0.39 is 0 Å². The Labute approximate surface area is 166 Å². The summed E-state index contributed by atoms with van der Waals surface area (Å²) in [6, 6.07) is 0.142. The first-order valence-corrected chi connectivity index (χ1v) is 9.79. The molecule has 2 aliphatic rings. The molecule has 3 rings (SSSR count). The minimum atomic E-state index is -0.0570. The van der Waals surface area contributed by atoms with Crippen molar-refractivity contribution in [2.24, 2.45) is 0 Å². The van der Waals surface area contributed by atoms with Crippen LogP contribution in [-0.4, -0.2) is 83.6 Å². The largest absolute Gasteiger partial charge is 0.383 e. The third kappa shape index (κ3) is 4.04. The minimum Gasteiger partial charge on any atom is -0.383 e. The molecule has 3 heterocycles. The number of piperazine rings is 1. The first-order valence-electron chi connectivity index (χ1n) is 9.79. The Bertz CT molecular complexity index is 745. The maximum Gasteiger partial charge on any atom is 0.273 e. The number of nitrogens with one attached hydrogen (secondary N) is 1. The highest BCUT2D eigenvalue weighted by molar-refractivity contribution is 5.98. The number of hydrogen-bond acceptors (Lipinski definition) is 7. The monoisotopic (exact) mass is 390 g/mol. The van der Waals surface area contributed by atoms with Crippen molar-refractivity contribution in [3.05, 3.63) is 11.3 Å². The maximum atomic E-state index is 12.9. The zero-order valence-corrected chi connectivity index (χ0v) is 17.4. The molecule has 28 heavy (non-hydrogen) atoms. The highest BCUT2D eigenvalue weighted by atomic mass is 16.5.